The van der Waals surface area contributed by atoms with E-state index in [1.54, 1.807) is 24.5 Å². The molecule has 3 rings (SSSR count). The smallest absolute Gasteiger partial charge is 0.227 e. The molecule has 1 aromatic carbocycles. The van der Waals surface area contributed by atoms with Gasteiger partial charge in [-0.25, -0.2) is 4.39 Å². The number of aromatic nitrogens is 2. The molecule has 0 bridgehead atoms. The van der Waals surface area contributed by atoms with Gasteiger partial charge >= 0.3 is 0 Å². The van der Waals surface area contributed by atoms with Gasteiger partial charge in [-0.05, 0) is 42.7 Å². The van der Waals surface area contributed by atoms with Crippen molar-refractivity contribution in [1.29, 1.82) is 0 Å². The van der Waals surface area contributed by atoms with Crippen molar-refractivity contribution < 1.29 is 13.7 Å². The zero-order valence-electron chi connectivity index (χ0n) is 14.5. The highest BCUT2D eigenvalue weighted by atomic mass is 19.1. The van der Waals surface area contributed by atoms with Crippen LogP contribution in [0.4, 0.5) is 4.39 Å². The predicted molar refractivity (Wildman–Crippen MR) is 95.0 cm³/mol. The molecule has 1 amide bonds. The van der Waals surface area contributed by atoms with E-state index in [1.807, 2.05) is 25.1 Å². The van der Waals surface area contributed by atoms with Crippen LogP contribution in [0.3, 0.4) is 0 Å². The van der Waals surface area contributed by atoms with Gasteiger partial charge in [-0.2, -0.15) is 0 Å². The van der Waals surface area contributed by atoms with Gasteiger partial charge in [-0.1, -0.05) is 23.4 Å². The molecule has 5 nitrogen and oxygen atoms in total. The fraction of sp³-hybridized carbons (Fsp3) is 0.250. The number of aryl methyl sites for hydroxylation is 1. The Morgan fingerprint density at radius 3 is 2.73 bits per heavy atom. The number of amides is 1. The maximum atomic E-state index is 13.2. The Labute approximate surface area is 151 Å². The van der Waals surface area contributed by atoms with Crippen LogP contribution in [0.2, 0.25) is 0 Å². The highest BCUT2D eigenvalue weighted by Crippen LogP contribution is 2.21. The Morgan fingerprint density at radius 2 is 2.08 bits per heavy atom. The summed E-state index contributed by atoms with van der Waals surface area (Å²) < 4.78 is 18.3. The topological polar surface area (TPSA) is 68.0 Å². The zero-order valence-corrected chi connectivity index (χ0v) is 14.5. The van der Waals surface area contributed by atoms with E-state index in [0.29, 0.717) is 19.4 Å². The minimum Gasteiger partial charge on any atom is -0.361 e. The molecule has 1 unspecified atom stereocenters. The largest absolute Gasteiger partial charge is 0.361 e. The van der Waals surface area contributed by atoms with Crippen molar-refractivity contribution in [3.63, 3.8) is 0 Å². The predicted octanol–water partition coefficient (Wildman–Crippen LogP) is 3.20. The molecule has 2 heterocycles. The molecule has 1 N–H and O–H groups in total. The third-order valence-electron chi connectivity index (χ3n) is 4.11. The van der Waals surface area contributed by atoms with Crippen LogP contribution in [0, 0.1) is 12.7 Å². The number of carbonyl (C=O) groups excluding carboxylic acids is 1. The number of pyridine rings is 1. The minimum absolute atomic E-state index is 0.110. The van der Waals surface area contributed by atoms with E-state index in [9.17, 15) is 9.18 Å². The van der Waals surface area contributed by atoms with Crippen LogP contribution >= 0.6 is 0 Å². The summed E-state index contributed by atoms with van der Waals surface area (Å²) in [6.45, 7) is 2.28. The molecule has 0 fully saturated rings. The highest BCUT2D eigenvalue weighted by molar-refractivity contribution is 5.84. The van der Waals surface area contributed by atoms with Gasteiger partial charge in [0.05, 0.1) is 11.6 Å². The van der Waals surface area contributed by atoms with Crippen LogP contribution in [0.5, 0.6) is 0 Å². The SMILES string of the molecule is Cc1cc(CCNC(=O)C(Cc2cccnc2)c2ccc(F)cc2)no1. The summed E-state index contributed by atoms with van der Waals surface area (Å²) in [6.07, 6.45) is 4.51. The lowest BCUT2D eigenvalue weighted by molar-refractivity contribution is -0.122. The number of nitrogens with zero attached hydrogens (tertiary/aromatic N) is 2. The second kappa shape index (κ2) is 8.38. The Morgan fingerprint density at radius 1 is 1.27 bits per heavy atom. The summed E-state index contributed by atoms with van der Waals surface area (Å²) in [5.41, 5.74) is 2.52. The van der Waals surface area contributed by atoms with Crippen LogP contribution in [0.25, 0.3) is 0 Å². The Hall–Kier alpha value is -3.02. The Kier molecular flexibility index (Phi) is 5.73. The van der Waals surface area contributed by atoms with Gasteiger partial charge in [-0.3, -0.25) is 9.78 Å². The van der Waals surface area contributed by atoms with Crippen molar-refractivity contribution in [1.82, 2.24) is 15.5 Å². The molecule has 0 spiro atoms. The number of carbonyl (C=O) groups is 1. The number of benzene rings is 1. The fourth-order valence-corrected chi connectivity index (χ4v) is 2.78. The molecular weight excluding hydrogens is 333 g/mol. The van der Waals surface area contributed by atoms with Gasteiger partial charge < -0.3 is 9.84 Å². The maximum Gasteiger partial charge on any atom is 0.227 e. The summed E-state index contributed by atoms with van der Waals surface area (Å²) in [6, 6.07) is 11.7. The normalized spacial score (nSPS) is 11.9. The van der Waals surface area contributed by atoms with Gasteiger partial charge in [0.25, 0.3) is 0 Å². The minimum atomic E-state index is -0.418. The van der Waals surface area contributed by atoms with E-state index in [1.165, 1.54) is 12.1 Å². The second-order valence-corrected chi connectivity index (χ2v) is 6.14. The summed E-state index contributed by atoms with van der Waals surface area (Å²) in [7, 11) is 0. The van der Waals surface area contributed by atoms with Crippen molar-refractivity contribution in [2.45, 2.75) is 25.7 Å². The maximum absolute atomic E-state index is 13.2. The molecule has 0 radical (unpaired) electrons. The number of nitrogens with one attached hydrogen (secondary N) is 1. The van der Waals surface area contributed by atoms with Crippen molar-refractivity contribution in [2.24, 2.45) is 0 Å². The molecule has 0 aliphatic rings. The van der Waals surface area contributed by atoms with Crippen LogP contribution in [0.1, 0.15) is 28.5 Å². The average Bonchev–Trinajstić information content (AvgIpc) is 3.06. The lowest BCUT2D eigenvalue weighted by Gasteiger charge is -2.17. The molecule has 0 aliphatic heterocycles. The summed E-state index contributed by atoms with van der Waals surface area (Å²) in [4.78, 5) is 16.9. The van der Waals surface area contributed by atoms with E-state index in [4.69, 9.17) is 4.52 Å². The number of hydrogen-bond donors (Lipinski definition) is 1. The lowest BCUT2D eigenvalue weighted by Crippen LogP contribution is -2.32. The van der Waals surface area contributed by atoms with Gasteiger partial charge in [0, 0.05) is 31.4 Å². The molecule has 6 heteroatoms. The number of rotatable bonds is 7. The average molecular weight is 353 g/mol. The monoisotopic (exact) mass is 353 g/mol. The van der Waals surface area contributed by atoms with E-state index in [-0.39, 0.29) is 11.7 Å². The lowest BCUT2D eigenvalue weighted by atomic mass is 9.91. The number of hydrogen-bond acceptors (Lipinski definition) is 4. The standard InChI is InChI=1S/C20H20FN3O2/c1-14-11-18(24-26-14)8-10-23-20(25)19(12-15-3-2-9-22-13-15)16-4-6-17(21)7-5-16/h2-7,9,11,13,19H,8,10,12H2,1H3,(H,23,25). The fourth-order valence-electron chi connectivity index (χ4n) is 2.78. The van der Waals surface area contributed by atoms with Crippen molar-refractivity contribution >= 4 is 5.91 Å². The van der Waals surface area contributed by atoms with Gasteiger partial charge in [0.1, 0.15) is 11.6 Å². The molecular formula is C20H20FN3O2. The Bertz CT molecular complexity index is 847. The Balaban J connectivity index is 1.69. The van der Waals surface area contributed by atoms with Crippen LogP contribution in [-0.4, -0.2) is 22.6 Å². The van der Waals surface area contributed by atoms with Gasteiger partial charge in [0.15, 0.2) is 0 Å². The highest BCUT2D eigenvalue weighted by Gasteiger charge is 2.21. The molecule has 0 saturated carbocycles. The number of halogens is 1. The van der Waals surface area contributed by atoms with Crippen molar-refractivity contribution in [3.05, 3.63) is 83.3 Å². The van der Waals surface area contributed by atoms with Crippen LogP contribution in [-0.2, 0) is 17.6 Å². The van der Waals surface area contributed by atoms with Crippen molar-refractivity contribution in [3.8, 4) is 0 Å². The van der Waals surface area contributed by atoms with Crippen molar-refractivity contribution in [2.75, 3.05) is 6.54 Å². The molecule has 0 saturated heterocycles. The van der Waals surface area contributed by atoms with Crippen LogP contribution in [0.15, 0.2) is 59.4 Å². The van der Waals surface area contributed by atoms with Gasteiger partial charge in [0.2, 0.25) is 5.91 Å². The molecule has 26 heavy (non-hydrogen) atoms. The summed E-state index contributed by atoms with van der Waals surface area (Å²) >= 11 is 0. The second-order valence-electron chi connectivity index (χ2n) is 6.14. The quantitative estimate of drug-likeness (QED) is 0.708. The van der Waals surface area contributed by atoms with Crippen LogP contribution < -0.4 is 5.32 Å². The first-order chi connectivity index (χ1) is 12.6. The first kappa shape index (κ1) is 17.8. The third kappa shape index (κ3) is 4.75. The zero-order chi connectivity index (χ0) is 18.4. The van der Waals surface area contributed by atoms with Gasteiger partial charge in [-0.15, -0.1) is 0 Å². The van der Waals surface area contributed by atoms with E-state index >= 15 is 0 Å². The first-order valence-electron chi connectivity index (χ1n) is 8.46. The molecule has 3 aromatic rings. The third-order valence-corrected chi connectivity index (χ3v) is 4.11. The van der Waals surface area contributed by atoms with E-state index in [2.05, 4.69) is 15.5 Å². The molecule has 0 aliphatic carbocycles. The van der Waals surface area contributed by atoms with E-state index < -0.39 is 5.92 Å². The first-order valence-corrected chi connectivity index (χ1v) is 8.46. The molecule has 2 aromatic heterocycles. The molecule has 1 atom stereocenters. The van der Waals surface area contributed by atoms with E-state index in [0.717, 1.165) is 22.6 Å². The summed E-state index contributed by atoms with van der Waals surface area (Å²) in [5.74, 6) is -0.109. The molecule has 134 valence electrons. The summed E-state index contributed by atoms with van der Waals surface area (Å²) in [5, 5.41) is 6.86.